The van der Waals surface area contributed by atoms with E-state index in [4.69, 9.17) is 11.6 Å². The van der Waals surface area contributed by atoms with Crippen LogP contribution in [0.15, 0.2) is 41.0 Å². The van der Waals surface area contributed by atoms with Crippen LogP contribution in [-0.4, -0.2) is 10.9 Å². The van der Waals surface area contributed by atoms with E-state index in [0.29, 0.717) is 17.3 Å². The molecule has 3 nitrogen and oxygen atoms in total. The van der Waals surface area contributed by atoms with Gasteiger partial charge in [0.05, 0.1) is 18.3 Å². The lowest BCUT2D eigenvalue weighted by atomic mass is 10.1. The first-order valence-corrected chi connectivity index (χ1v) is 6.88. The van der Waals surface area contributed by atoms with Gasteiger partial charge in [0.25, 0.3) is 0 Å². The van der Waals surface area contributed by atoms with Crippen LogP contribution in [-0.2, 0) is 11.2 Å². The van der Waals surface area contributed by atoms with E-state index in [1.165, 1.54) is 0 Å². The Balaban J connectivity index is 2.03. The minimum absolute atomic E-state index is 0.0745. The predicted octanol–water partition coefficient (Wildman–Crippen LogP) is 3.99. The smallest absolute Gasteiger partial charge is 0.228 e. The van der Waals surface area contributed by atoms with Gasteiger partial charge in [0, 0.05) is 4.47 Å². The van der Waals surface area contributed by atoms with Gasteiger partial charge in [-0.3, -0.25) is 4.79 Å². The highest BCUT2D eigenvalue weighted by Crippen LogP contribution is 2.17. The Bertz CT molecular complexity index is 599. The molecular formula is C14H12BrClN2O. The average molecular weight is 340 g/mol. The van der Waals surface area contributed by atoms with E-state index >= 15 is 0 Å². The SMILES string of the molecule is Cc1cc(Cl)ncc1NC(=O)Cc1ccc(Br)cc1. The lowest BCUT2D eigenvalue weighted by molar-refractivity contribution is -0.115. The largest absolute Gasteiger partial charge is 0.324 e. The van der Waals surface area contributed by atoms with Crippen LogP contribution in [0.4, 0.5) is 5.69 Å². The molecule has 0 atom stereocenters. The number of nitrogens with one attached hydrogen (secondary N) is 1. The van der Waals surface area contributed by atoms with E-state index in [1.807, 2.05) is 31.2 Å². The molecule has 1 aromatic heterocycles. The van der Waals surface area contributed by atoms with E-state index in [2.05, 4.69) is 26.2 Å². The Morgan fingerprint density at radius 2 is 2.05 bits per heavy atom. The van der Waals surface area contributed by atoms with Crippen molar-refractivity contribution in [2.24, 2.45) is 0 Å². The molecule has 0 unspecified atom stereocenters. The van der Waals surface area contributed by atoms with E-state index in [9.17, 15) is 4.79 Å². The number of halogens is 2. The zero-order valence-corrected chi connectivity index (χ0v) is 12.6. The molecule has 0 saturated heterocycles. The van der Waals surface area contributed by atoms with E-state index in [0.717, 1.165) is 15.6 Å². The Morgan fingerprint density at radius 3 is 2.68 bits per heavy atom. The summed E-state index contributed by atoms with van der Waals surface area (Å²) in [5, 5.41) is 3.25. The summed E-state index contributed by atoms with van der Waals surface area (Å²) in [6, 6.07) is 9.37. The van der Waals surface area contributed by atoms with Crippen LogP contribution in [0.25, 0.3) is 0 Å². The second kappa shape index (κ2) is 6.17. The molecule has 0 radical (unpaired) electrons. The van der Waals surface area contributed by atoms with Crippen molar-refractivity contribution in [3.8, 4) is 0 Å². The zero-order valence-electron chi connectivity index (χ0n) is 10.3. The van der Waals surface area contributed by atoms with Crippen LogP contribution in [0.5, 0.6) is 0 Å². The second-order valence-corrected chi connectivity index (χ2v) is 5.48. The van der Waals surface area contributed by atoms with Gasteiger partial charge in [-0.25, -0.2) is 4.98 Å². The lowest BCUT2D eigenvalue weighted by Crippen LogP contribution is -2.15. The van der Waals surface area contributed by atoms with Gasteiger partial charge in [-0.1, -0.05) is 39.7 Å². The molecule has 5 heteroatoms. The fraction of sp³-hybridized carbons (Fsp3) is 0.143. The number of nitrogens with zero attached hydrogens (tertiary/aromatic N) is 1. The first kappa shape index (κ1) is 14.0. The third kappa shape index (κ3) is 4.04. The van der Waals surface area contributed by atoms with E-state index in [1.54, 1.807) is 12.3 Å². The van der Waals surface area contributed by atoms with Crippen LogP contribution < -0.4 is 5.32 Å². The summed E-state index contributed by atoms with van der Waals surface area (Å²) < 4.78 is 0.995. The monoisotopic (exact) mass is 338 g/mol. The molecule has 1 aromatic carbocycles. The van der Waals surface area contributed by atoms with Crippen LogP contribution >= 0.6 is 27.5 Å². The van der Waals surface area contributed by atoms with Crippen molar-refractivity contribution < 1.29 is 4.79 Å². The molecule has 1 N–H and O–H groups in total. The zero-order chi connectivity index (χ0) is 13.8. The number of anilines is 1. The first-order valence-electron chi connectivity index (χ1n) is 5.71. The van der Waals surface area contributed by atoms with Gasteiger partial charge >= 0.3 is 0 Å². The molecule has 0 aliphatic rings. The molecule has 19 heavy (non-hydrogen) atoms. The fourth-order valence-electron chi connectivity index (χ4n) is 1.63. The average Bonchev–Trinajstić information content (AvgIpc) is 2.36. The van der Waals surface area contributed by atoms with Crippen molar-refractivity contribution in [3.63, 3.8) is 0 Å². The molecule has 0 fully saturated rings. The molecule has 2 aromatic rings. The minimum atomic E-state index is -0.0745. The maximum Gasteiger partial charge on any atom is 0.228 e. The van der Waals surface area contributed by atoms with Crippen molar-refractivity contribution in [1.29, 1.82) is 0 Å². The number of aryl methyl sites for hydroxylation is 1. The summed E-state index contributed by atoms with van der Waals surface area (Å²) in [6.07, 6.45) is 1.90. The van der Waals surface area contributed by atoms with Crippen molar-refractivity contribution in [1.82, 2.24) is 4.98 Å². The Labute approximate surface area is 125 Å². The number of hydrogen-bond donors (Lipinski definition) is 1. The van der Waals surface area contributed by atoms with Gasteiger partial charge in [-0.15, -0.1) is 0 Å². The standard InChI is InChI=1S/C14H12BrClN2O/c1-9-6-13(16)17-8-12(9)18-14(19)7-10-2-4-11(15)5-3-10/h2-6,8H,7H2,1H3,(H,18,19). The van der Waals surface area contributed by atoms with Gasteiger partial charge in [0.1, 0.15) is 5.15 Å². The number of pyridine rings is 1. The van der Waals surface area contributed by atoms with Gasteiger partial charge in [-0.2, -0.15) is 0 Å². The van der Waals surface area contributed by atoms with Crippen LogP contribution in [0.3, 0.4) is 0 Å². The van der Waals surface area contributed by atoms with Crippen molar-refractivity contribution in [2.75, 3.05) is 5.32 Å². The first-order chi connectivity index (χ1) is 9.04. The molecule has 1 heterocycles. The number of benzene rings is 1. The van der Waals surface area contributed by atoms with E-state index in [-0.39, 0.29) is 5.91 Å². The topological polar surface area (TPSA) is 42.0 Å². The molecule has 0 aliphatic heterocycles. The molecule has 0 spiro atoms. The normalized spacial score (nSPS) is 10.3. The van der Waals surface area contributed by atoms with Crippen LogP contribution in [0, 0.1) is 6.92 Å². The highest BCUT2D eigenvalue weighted by atomic mass is 79.9. The molecule has 98 valence electrons. The minimum Gasteiger partial charge on any atom is -0.324 e. The van der Waals surface area contributed by atoms with Gasteiger partial charge in [0.15, 0.2) is 0 Å². The summed E-state index contributed by atoms with van der Waals surface area (Å²) in [7, 11) is 0. The van der Waals surface area contributed by atoms with Crippen LogP contribution in [0.1, 0.15) is 11.1 Å². The highest BCUT2D eigenvalue weighted by Gasteiger charge is 2.07. The summed E-state index contributed by atoms with van der Waals surface area (Å²) in [5.74, 6) is -0.0745. The quantitative estimate of drug-likeness (QED) is 0.859. The third-order valence-corrected chi connectivity index (χ3v) is 3.36. The van der Waals surface area contributed by atoms with Crippen molar-refractivity contribution >= 4 is 39.1 Å². The summed E-state index contributed by atoms with van der Waals surface area (Å²) >= 11 is 9.13. The van der Waals surface area contributed by atoms with Crippen LogP contribution in [0.2, 0.25) is 5.15 Å². The molecule has 1 amide bonds. The Morgan fingerprint density at radius 1 is 1.37 bits per heavy atom. The van der Waals surface area contributed by atoms with Gasteiger partial charge in [0.2, 0.25) is 5.91 Å². The number of hydrogen-bond acceptors (Lipinski definition) is 2. The predicted molar refractivity (Wildman–Crippen MR) is 80.5 cm³/mol. The van der Waals surface area contributed by atoms with E-state index < -0.39 is 0 Å². The molecule has 0 aliphatic carbocycles. The number of rotatable bonds is 3. The number of carbonyl (C=O) groups is 1. The molecule has 0 saturated carbocycles. The van der Waals surface area contributed by atoms with Crippen molar-refractivity contribution in [3.05, 3.63) is 57.3 Å². The summed E-state index contributed by atoms with van der Waals surface area (Å²) in [5.41, 5.74) is 2.54. The summed E-state index contributed by atoms with van der Waals surface area (Å²) in [4.78, 5) is 15.9. The number of aromatic nitrogens is 1. The maximum atomic E-state index is 11.9. The van der Waals surface area contributed by atoms with Gasteiger partial charge in [-0.05, 0) is 36.2 Å². The highest BCUT2D eigenvalue weighted by molar-refractivity contribution is 9.10. The number of amides is 1. The third-order valence-electron chi connectivity index (χ3n) is 2.63. The number of carbonyl (C=O) groups excluding carboxylic acids is 1. The Kier molecular flexibility index (Phi) is 4.56. The molecule has 2 rings (SSSR count). The lowest BCUT2D eigenvalue weighted by Gasteiger charge is -2.08. The Hall–Kier alpha value is -1.39. The summed E-state index contributed by atoms with van der Waals surface area (Å²) in [6.45, 7) is 1.88. The molecule has 0 bridgehead atoms. The fourth-order valence-corrected chi connectivity index (χ4v) is 2.11. The van der Waals surface area contributed by atoms with Crippen molar-refractivity contribution in [2.45, 2.75) is 13.3 Å². The maximum absolute atomic E-state index is 11.9. The second-order valence-electron chi connectivity index (χ2n) is 4.17. The molecular weight excluding hydrogens is 328 g/mol. The van der Waals surface area contributed by atoms with Gasteiger partial charge < -0.3 is 5.32 Å².